The van der Waals surface area contributed by atoms with Crippen LogP contribution >= 0.6 is 11.8 Å². The summed E-state index contributed by atoms with van der Waals surface area (Å²) in [5.74, 6) is -1.39. The lowest BCUT2D eigenvalue weighted by molar-refractivity contribution is 0.102. The van der Waals surface area contributed by atoms with Crippen LogP contribution in [0.3, 0.4) is 0 Å². The quantitative estimate of drug-likeness (QED) is 0.587. The fourth-order valence-corrected chi connectivity index (χ4v) is 4.52. The molecule has 0 fully saturated rings. The molecule has 0 saturated carbocycles. The van der Waals surface area contributed by atoms with Crippen LogP contribution in [0.4, 0.5) is 14.5 Å². The number of sulfonamides is 1. The van der Waals surface area contributed by atoms with Gasteiger partial charge in [-0.15, -0.1) is 11.8 Å². The van der Waals surface area contributed by atoms with Gasteiger partial charge in [-0.2, -0.15) is 0 Å². The summed E-state index contributed by atoms with van der Waals surface area (Å²) in [6.45, 7) is 0.356. The molecular weight excluding hydrogens is 368 g/mol. The van der Waals surface area contributed by atoms with Gasteiger partial charge in [0.05, 0.1) is 17.7 Å². The van der Waals surface area contributed by atoms with E-state index in [0.717, 1.165) is 41.8 Å². The van der Waals surface area contributed by atoms with Gasteiger partial charge in [-0.1, -0.05) is 0 Å². The van der Waals surface area contributed by atoms with E-state index >= 15 is 0 Å². The van der Waals surface area contributed by atoms with Crippen LogP contribution < -0.4 is 4.31 Å². The normalized spacial score (nSPS) is 13.8. The van der Waals surface area contributed by atoms with E-state index in [2.05, 4.69) is 0 Å². The first-order chi connectivity index (χ1) is 11.8. The van der Waals surface area contributed by atoms with Gasteiger partial charge in [-0.3, -0.25) is 9.10 Å². The Kier molecular flexibility index (Phi) is 4.83. The van der Waals surface area contributed by atoms with Gasteiger partial charge in [-0.25, -0.2) is 17.2 Å². The van der Waals surface area contributed by atoms with Gasteiger partial charge in [-0.05, 0) is 48.4 Å². The lowest BCUT2D eigenvalue weighted by Crippen LogP contribution is -2.27. The zero-order chi connectivity index (χ0) is 18.2. The van der Waals surface area contributed by atoms with Gasteiger partial charge in [0.25, 0.3) is 0 Å². The van der Waals surface area contributed by atoms with Gasteiger partial charge in [0, 0.05) is 17.0 Å². The van der Waals surface area contributed by atoms with Crippen molar-refractivity contribution in [2.24, 2.45) is 0 Å². The fraction of sp³-hybridized carbons (Fsp3) is 0.235. The van der Waals surface area contributed by atoms with Crippen molar-refractivity contribution in [1.82, 2.24) is 0 Å². The third kappa shape index (κ3) is 3.85. The van der Waals surface area contributed by atoms with Gasteiger partial charge in [0.1, 0.15) is 11.6 Å². The molecule has 0 aromatic heterocycles. The molecule has 0 atom stereocenters. The number of carbonyl (C=O) groups excluding carboxylic acids is 1. The summed E-state index contributed by atoms with van der Waals surface area (Å²) in [7, 11) is -3.34. The summed E-state index contributed by atoms with van der Waals surface area (Å²) in [6, 6.07) is 7.95. The highest BCUT2D eigenvalue weighted by Gasteiger charge is 2.26. The topological polar surface area (TPSA) is 54.5 Å². The summed E-state index contributed by atoms with van der Waals surface area (Å²) >= 11 is 0.931. The molecule has 0 N–H and O–H groups in total. The number of Topliss-reactive ketones (excluding diaryl/α,β-unsaturated/α-hetero) is 1. The summed E-state index contributed by atoms with van der Waals surface area (Å²) in [5, 5.41) is 0. The number of carbonyl (C=O) groups is 1. The van der Waals surface area contributed by atoms with Crippen molar-refractivity contribution in [2.45, 2.75) is 11.3 Å². The van der Waals surface area contributed by atoms with Crippen molar-refractivity contribution in [1.29, 1.82) is 0 Å². The molecule has 3 rings (SSSR count). The van der Waals surface area contributed by atoms with Crippen molar-refractivity contribution in [3.05, 3.63) is 59.2 Å². The van der Waals surface area contributed by atoms with Crippen LogP contribution in [0.15, 0.2) is 41.3 Å². The Morgan fingerprint density at radius 1 is 1.20 bits per heavy atom. The van der Waals surface area contributed by atoms with E-state index in [1.807, 2.05) is 0 Å². The first-order valence-corrected chi connectivity index (χ1v) is 10.3. The van der Waals surface area contributed by atoms with Crippen molar-refractivity contribution in [3.8, 4) is 0 Å². The zero-order valence-electron chi connectivity index (χ0n) is 13.3. The molecule has 0 spiro atoms. The molecule has 0 aliphatic carbocycles. The number of benzene rings is 2. The predicted octanol–water partition coefficient (Wildman–Crippen LogP) is 3.26. The molecule has 4 nitrogen and oxygen atoms in total. The van der Waals surface area contributed by atoms with Crippen LogP contribution in [0.5, 0.6) is 0 Å². The van der Waals surface area contributed by atoms with E-state index in [1.54, 1.807) is 18.2 Å². The predicted molar refractivity (Wildman–Crippen MR) is 93.7 cm³/mol. The van der Waals surface area contributed by atoms with Crippen LogP contribution in [0.2, 0.25) is 0 Å². The molecule has 1 heterocycles. The minimum atomic E-state index is -3.34. The molecule has 2 aromatic rings. The Labute approximate surface area is 148 Å². The SMILES string of the molecule is CS(=O)(=O)N1CCc2cc(C(=O)CSc3cc(F)ccc3F)ccc21. The van der Waals surface area contributed by atoms with Crippen LogP contribution in [-0.4, -0.2) is 32.8 Å². The summed E-state index contributed by atoms with van der Waals surface area (Å²) in [4.78, 5) is 12.4. The molecule has 8 heteroatoms. The molecular formula is C17H15F2NO3S2. The summed E-state index contributed by atoms with van der Waals surface area (Å²) in [5.41, 5.74) is 1.81. The minimum absolute atomic E-state index is 0.0328. The van der Waals surface area contributed by atoms with Gasteiger partial charge >= 0.3 is 0 Å². The van der Waals surface area contributed by atoms with Crippen LogP contribution in [0, 0.1) is 11.6 Å². The summed E-state index contributed by atoms with van der Waals surface area (Å²) in [6.07, 6.45) is 1.68. The number of ketones is 1. The number of anilines is 1. The number of halogens is 2. The highest BCUT2D eigenvalue weighted by atomic mass is 32.2. The highest BCUT2D eigenvalue weighted by molar-refractivity contribution is 8.00. The van der Waals surface area contributed by atoms with E-state index in [0.29, 0.717) is 24.2 Å². The number of hydrogen-bond acceptors (Lipinski definition) is 4. The standard InChI is InChI=1S/C17H15F2NO3S2/c1-25(22,23)20-7-6-11-8-12(2-5-15(11)20)16(21)10-24-17-9-13(18)3-4-14(17)19/h2-5,8-9H,6-7,10H2,1H3. The van der Waals surface area contributed by atoms with Gasteiger partial charge in [0.15, 0.2) is 5.78 Å². The smallest absolute Gasteiger partial charge is 0.232 e. The average molecular weight is 383 g/mol. The third-order valence-electron chi connectivity index (χ3n) is 3.91. The second-order valence-electron chi connectivity index (χ2n) is 5.72. The van der Waals surface area contributed by atoms with Crippen molar-refractivity contribution in [2.75, 3.05) is 22.9 Å². The second kappa shape index (κ2) is 6.76. The number of thioether (sulfide) groups is 1. The minimum Gasteiger partial charge on any atom is -0.293 e. The molecule has 25 heavy (non-hydrogen) atoms. The zero-order valence-corrected chi connectivity index (χ0v) is 15.0. The van der Waals surface area contributed by atoms with Crippen LogP contribution in [0.1, 0.15) is 15.9 Å². The van der Waals surface area contributed by atoms with Crippen molar-refractivity contribution < 1.29 is 22.0 Å². The third-order valence-corrected chi connectivity index (χ3v) is 6.12. The number of fused-ring (bicyclic) bond motifs is 1. The van der Waals surface area contributed by atoms with Crippen LogP contribution in [0.25, 0.3) is 0 Å². The van der Waals surface area contributed by atoms with E-state index in [1.165, 1.54) is 4.31 Å². The Morgan fingerprint density at radius 3 is 2.68 bits per heavy atom. The second-order valence-corrected chi connectivity index (χ2v) is 8.64. The molecule has 2 aromatic carbocycles. The Bertz CT molecular complexity index is 945. The maximum absolute atomic E-state index is 13.6. The molecule has 0 radical (unpaired) electrons. The number of rotatable bonds is 5. The van der Waals surface area contributed by atoms with E-state index in [-0.39, 0.29) is 16.4 Å². The lowest BCUT2D eigenvalue weighted by Gasteiger charge is -2.16. The maximum atomic E-state index is 13.6. The largest absolute Gasteiger partial charge is 0.293 e. The van der Waals surface area contributed by atoms with Gasteiger partial charge < -0.3 is 0 Å². The molecule has 132 valence electrons. The van der Waals surface area contributed by atoms with E-state index in [4.69, 9.17) is 0 Å². The van der Waals surface area contributed by atoms with Crippen molar-refractivity contribution >= 4 is 33.3 Å². The Balaban J connectivity index is 1.75. The van der Waals surface area contributed by atoms with Crippen molar-refractivity contribution in [3.63, 3.8) is 0 Å². The Hall–Kier alpha value is -1.93. The number of hydrogen-bond donors (Lipinski definition) is 0. The molecule has 0 saturated heterocycles. The maximum Gasteiger partial charge on any atom is 0.232 e. The average Bonchev–Trinajstić information content (AvgIpc) is 2.98. The first-order valence-electron chi connectivity index (χ1n) is 7.47. The van der Waals surface area contributed by atoms with E-state index < -0.39 is 21.7 Å². The molecule has 1 aliphatic rings. The van der Waals surface area contributed by atoms with E-state index in [9.17, 15) is 22.0 Å². The number of nitrogens with zero attached hydrogens (tertiary/aromatic N) is 1. The highest BCUT2D eigenvalue weighted by Crippen LogP contribution is 2.31. The molecule has 1 aliphatic heterocycles. The lowest BCUT2D eigenvalue weighted by atomic mass is 10.1. The summed E-state index contributed by atoms with van der Waals surface area (Å²) < 4.78 is 51.5. The molecule has 0 unspecified atom stereocenters. The molecule has 0 amide bonds. The monoisotopic (exact) mass is 383 g/mol. The van der Waals surface area contributed by atoms with Crippen LogP contribution in [-0.2, 0) is 16.4 Å². The fourth-order valence-electron chi connectivity index (χ4n) is 2.70. The molecule has 0 bridgehead atoms. The van der Waals surface area contributed by atoms with Gasteiger partial charge in [0.2, 0.25) is 10.0 Å². The first kappa shape index (κ1) is 17.9. The Morgan fingerprint density at radius 2 is 1.96 bits per heavy atom.